The van der Waals surface area contributed by atoms with Gasteiger partial charge >= 0.3 is 0 Å². The molecule has 23 aromatic rings. The number of para-hydroxylation sites is 6. The number of aromatic nitrogens is 1. The van der Waals surface area contributed by atoms with Crippen molar-refractivity contribution in [3.05, 3.63) is 430 Å². The van der Waals surface area contributed by atoms with Crippen molar-refractivity contribution < 1.29 is 8.83 Å². The minimum atomic E-state index is -0.345. The normalized spacial score (nSPS) is 12.5. The number of benzene rings is 20. The Morgan fingerprint density at radius 1 is 0.225 bits per heavy atom. The van der Waals surface area contributed by atoms with Gasteiger partial charge in [0.2, 0.25) is 0 Å². The molecule has 120 heavy (non-hydrogen) atoms. The van der Waals surface area contributed by atoms with Crippen molar-refractivity contribution in [2.75, 3.05) is 9.80 Å². The van der Waals surface area contributed by atoms with Crippen molar-refractivity contribution in [3.63, 3.8) is 0 Å². The first-order chi connectivity index (χ1) is 59.3. The van der Waals surface area contributed by atoms with Crippen molar-refractivity contribution >= 4 is 143 Å². The van der Waals surface area contributed by atoms with Crippen LogP contribution in [0.3, 0.4) is 0 Å². The third-order valence-electron chi connectivity index (χ3n) is 25.5. The smallest absolute Gasteiger partial charge is 0.143 e. The van der Waals surface area contributed by atoms with Crippen molar-refractivity contribution in [3.8, 4) is 83.6 Å². The van der Waals surface area contributed by atoms with Gasteiger partial charge in [0.25, 0.3) is 0 Å². The van der Waals surface area contributed by atoms with E-state index in [0.29, 0.717) is 0 Å². The van der Waals surface area contributed by atoms with Crippen LogP contribution in [0.4, 0.5) is 34.1 Å². The van der Waals surface area contributed by atoms with E-state index in [2.05, 4.69) is 441 Å². The van der Waals surface area contributed by atoms with Gasteiger partial charge in [-0.2, -0.15) is 0 Å². The molecule has 24 rings (SSSR count). The van der Waals surface area contributed by atoms with Gasteiger partial charge in [-0.3, -0.25) is 0 Å². The molecule has 3 heterocycles. The third kappa shape index (κ3) is 10.9. The van der Waals surface area contributed by atoms with Crippen LogP contribution >= 0.6 is 0 Å². The van der Waals surface area contributed by atoms with Crippen LogP contribution in [-0.4, -0.2) is 4.57 Å². The summed E-state index contributed by atoms with van der Waals surface area (Å²) in [7, 11) is 0. The third-order valence-corrected chi connectivity index (χ3v) is 25.5. The molecule has 3 aromatic heterocycles. The Morgan fingerprint density at radius 3 is 1.30 bits per heavy atom. The Balaban J connectivity index is 0.695. The van der Waals surface area contributed by atoms with Gasteiger partial charge in [-0.15, -0.1) is 0 Å². The highest BCUT2D eigenvalue weighted by Gasteiger charge is 2.39. The SMILES string of the molecule is CC1(C)c2ccccc2-c2cc(-c3cccc4c3oc3ccc(N(c5cc(-c6cc7ccccc7c7ccccc67)ccc5-c5ccccc5)c5ccccc5-n5c6ccccc6c6ccccc65)cc34)cc(-c3ccc(N(c4ccc5oc6ccccc6c5c4)c4cc(-c5cc6ccccc6c6ccccc56)ccc4-c4ccccc4)cc3)c21. The first-order valence-corrected chi connectivity index (χ1v) is 41.4. The van der Waals surface area contributed by atoms with E-state index in [4.69, 9.17) is 8.83 Å². The molecule has 5 nitrogen and oxygen atoms in total. The Bertz CT molecular complexity index is 8090. The molecule has 1 aliphatic rings. The molecule has 0 radical (unpaired) electrons. The quantitative estimate of drug-likeness (QED) is 0.108. The number of hydrogen-bond donors (Lipinski definition) is 0. The molecular formula is C115H75N3O2. The topological polar surface area (TPSA) is 37.7 Å². The summed E-state index contributed by atoms with van der Waals surface area (Å²) < 4.78 is 16.5. The fourth-order valence-electron chi connectivity index (χ4n) is 20.0. The minimum absolute atomic E-state index is 0.345. The lowest BCUT2D eigenvalue weighted by Crippen LogP contribution is -2.16. The van der Waals surface area contributed by atoms with Gasteiger partial charge in [-0.25, -0.2) is 0 Å². The van der Waals surface area contributed by atoms with Gasteiger partial charge in [0.15, 0.2) is 0 Å². The molecule has 562 valence electrons. The number of nitrogens with zero attached hydrogens (tertiary/aromatic N) is 3. The van der Waals surface area contributed by atoms with Crippen LogP contribution in [0.1, 0.15) is 25.0 Å². The van der Waals surface area contributed by atoms with E-state index in [1.807, 2.05) is 6.07 Å². The van der Waals surface area contributed by atoms with Crippen LogP contribution in [0.25, 0.3) is 192 Å². The Labute approximate surface area is 694 Å². The van der Waals surface area contributed by atoms with Crippen molar-refractivity contribution in [1.82, 2.24) is 4.57 Å². The lowest BCUT2D eigenvalue weighted by molar-refractivity contribution is 0.662. The van der Waals surface area contributed by atoms with Crippen LogP contribution in [0.15, 0.2) is 427 Å². The summed E-state index contributed by atoms with van der Waals surface area (Å²) in [5, 5.41) is 16.3. The molecular weight excluding hydrogens is 1460 g/mol. The maximum Gasteiger partial charge on any atom is 0.143 e. The molecule has 0 spiro atoms. The van der Waals surface area contributed by atoms with Crippen LogP contribution in [0.2, 0.25) is 0 Å². The van der Waals surface area contributed by atoms with Gasteiger partial charge in [-0.05, 0) is 231 Å². The minimum Gasteiger partial charge on any atom is -0.456 e. The zero-order valence-electron chi connectivity index (χ0n) is 66.0. The Hall–Kier alpha value is -15.6. The summed E-state index contributed by atoms with van der Waals surface area (Å²) in [5.41, 5.74) is 30.9. The lowest BCUT2D eigenvalue weighted by Gasteiger charge is -2.31. The van der Waals surface area contributed by atoms with Gasteiger partial charge in [-0.1, -0.05) is 317 Å². The van der Waals surface area contributed by atoms with Crippen molar-refractivity contribution in [2.45, 2.75) is 19.3 Å². The summed E-state index contributed by atoms with van der Waals surface area (Å²) >= 11 is 0. The number of rotatable bonds is 13. The molecule has 5 heteroatoms. The average Bonchev–Trinajstić information content (AvgIpc) is 1.49. The summed E-state index contributed by atoms with van der Waals surface area (Å²) in [6.07, 6.45) is 0. The van der Waals surface area contributed by atoms with Crippen molar-refractivity contribution in [1.29, 1.82) is 0 Å². The number of fused-ring (bicyclic) bond motifs is 18. The molecule has 0 saturated carbocycles. The second-order valence-electron chi connectivity index (χ2n) is 32.5. The second kappa shape index (κ2) is 27.3. The van der Waals surface area contributed by atoms with E-state index in [1.165, 1.54) is 92.8 Å². The van der Waals surface area contributed by atoms with Crippen LogP contribution < -0.4 is 9.80 Å². The predicted molar refractivity (Wildman–Crippen MR) is 505 cm³/mol. The van der Waals surface area contributed by atoms with E-state index in [9.17, 15) is 0 Å². The lowest BCUT2D eigenvalue weighted by atomic mass is 9.78. The Kier molecular flexibility index (Phi) is 15.6. The Morgan fingerprint density at radius 2 is 0.667 bits per heavy atom. The second-order valence-corrected chi connectivity index (χ2v) is 32.5. The average molecular weight is 1530 g/mol. The van der Waals surface area contributed by atoms with E-state index in [-0.39, 0.29) is 5.41 Å². The fraction of sp³-hybridized carbons (Fsp3) is 0.0261. The molecule has 0 fully saturated rings. The van der Waals surface area contributed by atoms with Gasteiger partial charge in [0, 0.05) is 71.5 Å². The zero-order valence-corrected chi connectivity index (χ0v) is 66.0. The summed E-state index contributed by atoms with van der Waals surface area (Å²) in [4.78, 5) is 4.98. The molecule has 0 saturated heterocycles. The molecule has 0 amide bonds. The molecule has 0 aliphatic heterocycles. The molecule has 20 aromatic carbocycles. The summed E-state index contributed by atoms with van der Waals surface area (Å²) in [5.74, 6) is 0. The zero-order chi connectivity index (χ0) is 79.3. The molecule has 0 atom stereocenters. The number of hydrogen-bond acceptors (Lipinski definition) is 4. The standard InChI is InChI=1S/C115H75N3O2/c1-115(2)103-46-21-17-40-92(103)102-67-79(66-99(113(102)115)74-52-56-80(57-53-74)116(81-58-62-111-100(70-81)95-43-20-26-51-110(95)119-111)108-68-77(54-60-85(108)72-28-5-3-6-29-72)97-64-75-32-9-11-34-83(75)88-36-13-15-38-90(88)97)87-44-27-45-96-101-71-82(59-63-112(101)120-114(87)96)117(106-49-24-25-50-107(106)118-104-47-22-18-41-93(104)94-42-19-23-48-105(94)118)109-69-78(55-61-86(109)73-30-7-4-8-31-73)98-65-76-33-10-12-35-84(76)89-37-14-16-39-91(89)98/h3-71H,1-2H3. The van der Waals surface area contributed by atoms with E-state index in [0.717, 1.165) is 145 Å². The summed E-state index contributed by atoms with van der Waals surface area (Å²) in [6.45, 7) is 4.80. The molecule has 1 aliphatic carbocycles. The fourth-order valence-corrected chi connectivity index (χ4v) is 20.0. The largest absolute Gasteiger partial charge is 0.456 e. The van der Waals surface area contributed by atoms with Crippen molar-refractivity contribution in [2.24, 2.45) is 0 Å². The monoisotopic (exact) mass is 1530 g/mol. The highest BCUT2D eigenvalue weighted by molar-refractivity contribution is 6.18. The van der Waals surface area contributed by atoms with Gasteiger partial charge < -0.3 is 23.2 Å². The maximum absolute atomic E-state index is 7.44. The molecule has 0 unspecified atom stereocenters. The van der Waals surface area contributed by atoms with Gasteiger partial charge in [0.1, 0.15) is 22.3 Å². The van der Waals surface area contributed by atoms with E-state index < -0.39 is 0 Å². The number of anilines is 6. The maximum atomic E-state index is 7.44. The first-order valence-electron chi connectivity index (χ1n) is 41.4. The van der Waals surface area contributed by atoms with Crippen LogP contribution in [-0.2, 0) is 5.41 Å². The highest BCUT2D eigenvalue weighted by atomic mass is 16.3. The highest BCUT2D eigenvalue weighted by Crippen LogP contribution is 2.56. The number of furan rings is 2. The molecule has 0 N–H and O–H groups in total. The summed E-state index contributed by atoms with van der Waals surface area (Å²) in [6, 6.07) is 154. The predicted octanol–water partition coefficient (Wildman–Crippen LogP) is 32.4. The van der Waals surface area contributed by atoms with Crippen LogP contribution in [0, 0.1) is 0 Å². The van der Waals surface area contributed by atoms with E-state index >= 15 is 0 Å². The van der Waals surface area contributed by atoms with Gasteiger partial charge in [0.05, 0.1) is 33.8 Å². The molecule has 0 bridgehead atoms. The van der Waals surface area contributed by atoms with Crippen LogP contribution in [0.5, 0.6) is 0 Å². The first kappa shape index (κ1) is 68.8. The van der Waals surface area contributed by atoms with E-state index in [1.54, 1.807) is 0 Å².